The standard InChI is InChI=1S/C26H29N5O4/c1-15-4-9-23(35-3)20-11-21(31-24(15)20)25(33)28-12-17-5-7-18(8-6-17)16(2)30-26(34)22(32)10-19-13-27-14-29-19/h4-9,11,13-14,16,22,31-32H,10,12H2,1-3H3,(H,27,29)(H,28,33)(H,30,34)/t16?,22-/m1/s1. The summed E-state index contributed by atoms with van der Waals surface area (Å²) in [5.74, 6) is 0.0544. The van der Waals surface area contributed by atoms with Gasteiger partial charge in [-0.1, -0.05) is 30.3 Å². The molecule has 1 unspecified atom stereocenters. The van der Waals surface area contributed by atoms with E-state index in [-0.39, 0.29) is 18.4 Å². The number of imidazole rings is 1. The maximum Gasteiger partial charge on any atom is 0.267 e. The van der Waals surface area contributed by atoms with E-state index in [1.54, 1.807) is 19.4 Å². The number of rotatable bonds is 9. The molecular weight excluding hydrogens is 446 g/mol. The van der Waals surface area contributed by atoms with Crippen molar-refractivity contribution in [2.75, 3.05) is 7.11 Å². The molecule has 0 fully saturated rings. The van der Waals surface area contributed by atoms with E-state index in [1.807, 2.05) is 50.2 Å². The molecule has 2 aromatic carbocycles. The number of aromatic amines is 2. The molecule has 2 amide bonds. The van der Waals surface area contributed by atoms with Crippen LogP contribution in [0.15, 0.2) is 55.0 Å². The largest absolute Gasteiger partial charge is 0.496 e. The third-order valence-corrected chi connectivity index (χ3v) is 5.99. The first kappa shape index (κ1) is 24.0. The second-order valence-corrected chi connectivity index (χ2v) is 8.51. The fourth-order valence-corrected chi connectivity index (χ4v) is 3.93. The van der Waals surface area contributed by atoms with Crippen LogP contribution >= 0.6 is 0 Å². The summed E-state index contributed by atoms with van der Waals surface area (Å²) in [5, 5.41) is 16.7. The number of hydrogen-bond donors (Lipinski definition) is 5. The lowest BCUT2D eigenvalue weighted by molar-refractivity contribution is -0.130. The molecule has 9 nitrogen and oxygen atoms in total. The Hall–Kier alpha value is -4.11. The van der Waals surface area contributed by atoms with Gasteiger partial charge in [0.1, 0.15) is 17.5 Å². The van der Waals surface area contributed by atoms with Crippen molar-refractivity contribution < 1.29 is 19.4 Å². The van der Waals surface area contributed by atoms with E-state index in [4.69, 9.17) is 4.74 Å². The third kappa shape index (κ3) is 5.52. The van der Waals surface area contributed by atoms with E-state index in [9.17, 15) is 14.7 Å². The molecule has 5 N–H and O–H groups in total. The third-order valence-electron chi connectivity index (χ3n) is 5.99. The summed E-state index contributed by atoms with van der Waals surface area (Å²) in [6.07, 6.45) is 2.08. The number of nitrogens with one attached hydrogen (secondary N) is 4. The number of aliphatic hydroxyl groups excluding tert-OH is 1. The van der Waals surface area contributed by atoms with Crippen molar-refractivity contribution >= 4 is 22.7 Å². The van der Waals surface area contributed by atoms with Gasteiger partial charge in [-0.15, -0.1) is 0 Å². The number of H-pyrrole nitrogens is 2. The molecule has 2 heterocycles. The number of aliphatic hydroxyl groups is 1. The zero-order valence-corrected chi connectivity index (χ0v) is 19.9. The summed E-state index contributed by atoms with van der Waals surface area (Å²) in [6.45, 7) is 4.18. The first-order valence-electron chi connectivity index (χ1n) is 11.3. The molecule has 0 spiro atoms. The minimum atomic E-state index is -1.17. The van der Waals surface area contributed by atoms with E-state index in [0.29, 0.717) is 23.7 Å². The van der Waals surface area contributed by atoms with Crippen LogP contribution in [-0.2, 0) is 17.8 Å². The molecule has 0 saturated heterocycles. The Morgan fingerprint density at radius 1 is 1.17 bits per heavy atom. The zero-order valence-electron chi connectivity index (χ0n) is 19.9. The molecule has 2 aromatic heterocycles. The van der Waals surface area contributed by atoms with Crippen molar-refractivity contribution in [1.29, 1.82) is 0 Å². The van der Waals surface area contributed by atoms with E-state index in [0.717, 1.165) is 27.6 Å². The number of carbonyl (C=O) groups is 2. The Morgan fingerprint density at radius 2 is 1.94 bits per heavy atom. The van der Waals surface area contributed by atoms with Crippen molar-refractivity contribution in [3.8, 4) is 5.75 Å². The van der Waals surface area contributed by atoms with Crippen LogP contribution in [0, 0.1) is 6.92 Å². The molecule has 2 atom stereocenters. The van der Waals surface area contributed by atoms with E-state index >= 15 is 0 Å². The molecule has 0 aliphatic carbocycles. The fraction of sp³-hybridized carbons (Fsp3) is 0.269. The minimum absolute atomic E-state index is 0.167. The number of hydrogen-bond acceptors (Lipinski definition) is 5. The van der Waals surface area contributed by atoms with Gasteiger partial charge in [0, 0.05) is 30.2 Å². The van der Waals surface area contributed by atoms with Crippen LogP contribution in [0.1, 0.15) is 45.8 Å². The molecule has 4 rings (SSSR count). The number of amides is 2. The molecule has 182 valence electrons. The topological polar surface area (TPSA) is 132 Å². The van der Waals surface area contributed by atoms with Crippen LogP contribution in [0.2, 0.25) is 0 Å². The number of nitrogens with zero attached hydrogens (tertiary/aromatic N) is 1. The van der Waals surface area contributed by atoms with Gasteiger partial charge in [0.05, 0.1) is 25.0 Å². The fourth-order valence-electron chi connectivity index (χ4n) is 3.93. The number of ether oxygens (including phenoxy) is 1. The molecule has 0 aliphatic rings. The normalized spacial score (nSPS) is 12.8. The van der Waals surface area contributed by atoms with Gasteiger partial charge in [0.25, 0.3) is 5.91 Å². The Bertz CT molecular complexity index is 1310. The number of benzene rings is 2. The predicted octanol–water partition coefficient (Wildman–Crippen LogP) is 2.92. The maximum absolute atomic E-state index is 12.7. The smallest absolute Gasteiger partial charge is 0.267 e. The van der Waals surface area contributed by atoms with Crippen LogP contribution in [-0.4, -0.2) is 45.1 Å². The van der Waals surface area contributed by atoms with Gasteiger partial charge in [-0.25, -0.2) is 4.98 Å². The number of aryl methyl sites for hydroxylation is 1. The van der Waals surface area contributed by atoms with Crippen LogP contribution in [0.5, 0.6) is 5.75 Å². The summed E-state index contributed by atoms with van der Waals surface area (Å²) in [6, 6.07) is 12.9. The lowest BCUT2D eigenvalue weighted by Crippen LogP contribution is -2.37. The van der Waals surface area contributed by atoms with Gasteiger partial charge in [-0.3, -0.25) is 9.59 Å². The second-order valence-electron chi connectivity index (χ2n) is 8.51. The van der Waals surface area contributed by atoms with E-state index in [2.05, 4.69) is 25.6 Å². The molecule has 0 aliphatic heterocycles. The van der Waals surface area contributed by atoms with Crippen LogP contribution < -0.4 is 15.4 Å². The van der Waals surface area contributed by atoms with E-state index < -0.39 is 12.0 Å². The van der Waals surface area contributed by atoms with Gasteiger partial charge in [0.2, 0.25) is 5.91 Å². The van der Waals surface area contributed by atoms with E-state index in [1.165, 1.54) is 6.33 Å². The molecule has 4 aromatic rings. The van der Waals surface area contributed by atoms with Gasteiger partial charge < -0.3 is 30.4 Å². The second kappa shape index (κ2) is 10.4. The first-order chi connectivity index (χ1) is 16.9. The molecule has 0 bridgehead atoms. The Morgan fingerprint density at radius 3 is 2.63 bits per heavy atom. The van der Waals surface area contributed by atoms with Crippen molar-refractivity contribution in [2.45, 2.75) is 39.0 Å². The zero-order chi connectivity index (χ0) is 24.9. The predicted molar refractivity (Wildman–Crippen MR) is 132 cm³/mol. The monoisotopic (exact) mass is 475 g/mol. The lowest BCUT2D eigenvalue weighted by atomic mass is 10.1. The van der Waals surface area contributed by atoms with Gasteiger partial charge in [-0.2, -0.15) is 0 Å². The Balaban J connectivity index is 1.32. The van der Waals surface area contributed by atoms with Crippen molar-refractivity contribution in [1.82, 2.24) is 25.6 Å². The molecule has 35 heavy (non-hydrogen) atoms. The van der Waals surface area contributed by atoms with Crippen molar-refractivity contribution in [3.63, 3.8) is 0 Å². The summed E-state index contributed by atoms with van der Waals surface area (Å²) in [7, 11) is 1.61. The molecule has 9 heteroatoms. The highest BCUT2D eigenvalue weighted by Gasteiger charge is 2.19. The van der Waals surface area contributed by atoms with Gasteiger partial charge >= 0.3 is 0 Å². The lowest BCUT2D eigenvalue weighted by Gasteiger charge is -2.17. The minimum Gasteiger partial charge on any atom is -0.496 e. The summed E-state index contributed by atoms with van der Waals surface area (Å²) in [4.78, 5) is 35.0. The summed E-state index contributed by atoms with van der Waals surface area (Å²) >= 11 is 0. The van der Waals surface area contributed by atoms with Gasteiger partial charge in [-0.05, 0) is 42.7 Å². The SMILES string of the molecule is COc1ccc(C)c2[nH]c(C(=O)NCc3ccc(C(C)NC(=O)[C@H](O)Cc4cnc[nH]4)cc3)cc12. The number of methoxy groups -OCH3 is 1. The Kier molecular flexibility index (Phi) is 7.17. The summed E-state index contributed by atoms with van der Waals surface area (Å²) < 4.78 is 5.40. The average molecular weight is 476 g/mol. The molecular formula is C26H29N5O4. The maximum atomic E-state index is 12.7. The summed E-state index contributed by atoms with van der Waals surface area (Å²) in [5.41, 5.74) is 4.88. The quantitative estimate of drug-likeness (QED) is 0.254. The van der Waals surface area contributed by atoms with Crippen molar-refractivity contribution in [2.24, 2.45) is 0 Å². The number of aromatic nitrogens is 3. The van der Waals surface area contributed by atoms with Crippen LogP contribution in [0.4, 0.5) is 0 Å². The first-order valence-corrected chi connectivity index (χ1v) is 11.3. The van der Waals surface area contributed by atoms with Crippen LogP contribution in [0.3, 0.4) is 0 Å². The van der Waals surface area contributed by atoms with Crippen molar-refractivity contribution in [3.05, 3.63) is 83.1 Å². The highest BCUT2D eigenvalue weighted by molar-refractivity contribution is 6.00. The highest BCUT2D eigenvalue weighted by Crippen LogP contribution is 2.28. The highest BCUT2D eigenvalue weighted by atomic mass is 16.5. The Labute approximate surface area is 202 Å². The molecule has 0 radical (unpaired) electrons. The average Bonchev–Trinajstić information content (AvgIpc) is 3.54. The number of carbonyl (C=O) groups excluding carboxylic acids is 2. The van der Waals surface area contributed by atoms with Gasteiger partial charge in [0.15, 0.2) is 0 Å². The molecule has 0 saturated carbocycles. The van der Waals surface area contributed by atoms with Crippen LogP contribution in [0.25, 0.3) is 10.9 Å². The number of fused-ring (bicyclic) bond motifs is 1.